The van der Waals surface area contributed by atoms with Gasteiger partial charge in [-0.15, -0.1) is 0 Å². The van der Waals surface area contributed by atoms with E-state index in [1.807, 2.05) is 0 Å². The van der Waals surface area contributed by atoms with E-state index in [2.05, 4.69) is 12.2 Å². The molecular weight excluding hydrogens is 132 g/mol. The molecule has 0 aromatic heterocycles. The summed E-state index contributed by atoms with van der Waals surface area (Å²) in [6.07, 6.45) is 13.8. The van der Waals surface area contributed by atoms with Crippen molar-refractivity contribution in [3.8, 4) is 0 Å². The highest BCUT2D eigenvalue weighted by molar-refractivity contribution is 5.15. The van der Waals surface area contributed by atoms with Crippen LogP contribution in [0.15, 0.2) is 12.2 Å². The molecule has 3 aliphatic carbocycles. The molecule has 0 saturated heterocycles. The zero-order chi connectivity index (χ0) is 7.31. The van der Waals surface area contributed by atoms with E-state index in [-0.39, 0.29) is 0 Å². The average Bonchev–Trinajstić information content (AvgIpc) is 2.75. The van der Waals surface area contributed by atoms with Crippen molar-refractivity contribution in [2.75, 3.05) is 0 Å². The molecule has 60 valence electrons. The highest BCUT2D eigenvalue weighted by atomic mass is 14.6. The Bertz CT molecular complexity index is 204. The molecule has 0 aliphatic heterocycles. The predicted molar refractivity (Wildman–Crippen MR) is 46.3 cm³/mol. The van der Waals surface area contributed by atoms with Gasteiger partial charge in [0.15, 0.2) is 0 Å². The molecule has 2 fully saturated rings. The Balaban J connectivity index is 1.91. The van der Waals surface area contributed by atoms with Crippen LogP contribution in [0.3, 0.4) is 0 Å². The third-order valence-electron chi connectivity index (χ3n) is 4.28. The maximum Gasteiger partial charge on any atom is -0.0200 e. The van der Waals surface area contributed by atoms with Crippen molar-refractivity contribution in [3.05, 3.63) is 12.2 Å². The van der Waals surface area contributed by atoms with Crippen LogP contribution in [0, 0.1) is 17.3 Å². The maximum absolute atomic E-state index is 2.43. The summed E-state index contributed by atoms with van der Waals surface area (Å²) < 4.78 is 0. The van der Waals surface area contributed by atoms with Crippen LogP contribution in [0.5, 0.6) is 0 Å². The third kappa shape index (κ3) is 0.706. The van der Waals surface area contributed by atoms with Gasteiger partial charge in [0.25, 0.3) is 0 Å². The Kier molecular flexibility index (Phi) is 1.09. The first-order chi connectivity index (χ1) is 5.42. The predicted octanol–water partition coefficient (Wildman–Crippen LogP) is 3.14. The summed E-state index contributed by atoms with van der Waals surface area (Å²) in [7, 11) is 0. The second-order valence-electron chi connectivity index (χ2n) is 4.67. The first-order valence-corrected chi connectivity index (χ1v) is 5.07. The molecule has 3 aliphatic rings. The summed E-state index contributed by atoms with van der Waals surface area (Å²) in [6.45, 7) is 0. The molecule has 3 rings (SSSR count). The van der Waals surface area contributed by atoms with Gasteiger partial charge in [-0.2, -0.15) is 0 Å². The topological polar surface area (TPSA) is 0 Å². The van der Waals surface area contributed by atoms with Crippen molar-refractivity contribution in [2.45, 2.75) is 38.5 Å². The van der Waals surface area contributed by atoms with Gasteiger partial charge in [-0.3, -0.25) is 0 Å². The van der Waals surface area contributed by atoms with Gasteiger partial charge in [0.05, 0.1) is 0 Å². The van der Waals surface area contributed by atoms with Crippen LogP contribution >= 0.6 is 0 Å². The van der Waals surface area contributed by atoms with Gasteiger partial charge in [0, 0.05) is 0 Å². The Hall–Kier alpha value is -0.260. The van der Waals surface area contributed by atoms with Gasteiger partial charge >= 0.3 is 0 Å². The summed E-state index contributed by atoms with van der Waals surface area (Å²) in [5.74, 6) is 2.23. The Morgan fingerprint density at radius 1 is 1.09 bits per heavy atom. The van der Waals surface area contributed by atoms with E-state index < -0.39 is 0 Å². The molecule has 1 spiro atoms. The summed E-state index contributed by atoms with van der Waals surface area (Å²) in [4.78, 5) is 0. The SMILES string of the molecule is C1=CCC23CC2CCCC3C1. The summed E-state index contributed by atoms with van der Waals surface area (Å²) in [6, 6.07) is 0. The lowest BCUT2D eigenvalue weighted by Gasteiger charge is -2.33. The van der Waals surface area contributed by atoms with Gasteiger partial charge in [0.1, 0.15) is 0 Å². The minimum atomic E-state index is 0.854. The highest BCUT2D eigenvalue weighted by Gasteiger charge is 2.59. The summed E-state index contributed by atoms with van der Waals surface area (Å²) in [5.41, 5.74) is 0.854. The molecule has 0 heterocycles. The Morgan fingerprint density at radius 2 is 2.00 bits per heavy atom. The molecule has 0 amide bonds. The molecular formula is C11H16. The van der Waals surface area contributed by atoms with E-state index in [0.717, 1.165) is 17.3 Å². The smallest absolute Gasteiger partial charge is 0.0200 e. The van der Waals surface area contributed by atoms with Crippen LogP contribution in [0.2, 0.25) is 0 Å². The first kappa shape index (κ1) is 6.28. The quantitative estimate of drug-likeness (QED) is 0.463. The van der Waals surface area contributed by atoms with Crippen molar-refractivity contribution >= 4 is 0 Å². The van der Waals surface area contributed by atoms with Gasteiger partial charge < -0.3 is 0 Å². The third-order valence-corrected chi connectivity index (χ3v) is 4.28. The molecule has 3 unspecified atom stereocenters. The number of rotatable bonds is 0. The molecule has 0 nitrogen and oxygen atoms in total. The van der Waals surface area contributed by atoms with E-state index in [1.165, 1.54) is 25.7 Å². The minimum Gasteiger partial charge on any atom is -0.0882 e. The van der Waals surface area contributed by atoms with Crippen molar-refractivity contribution in [1.82, 2.24) is 0 Å². The highest BCUT2D eigenvalue weighted by Crippen LogP contribution is 2.68. The second-order valence-corrected chi connectivity index (χ2v) is 4.67. The fourth-order valence-corrected chi connectivity index (χ4v) is 3.52. The molecule has 0 N–H and O–H groups in total. The molecule has 3 atom stereocenters. The molecule has 0 radical (unpaired) electrons. The first-order valence-electron chi connectivity index (χ1n) is 5.07. The van der Waals surface area contributed by atoms with E-state index in [9.17, 15) is 0 Å². The van der Waals surface area contributed by atoms with Crippen molar-refractivity contribution in [2.24, 2.45) is 17.3 Å². The normalized spacial score (nSPS) is 53.1. The van der Waals surface area contributed by atoms with E-state index >= 15 is 0 Å². The molecule has 0 heteroatoms. The molecule has 0 aromatic rings. The fourth-order valence-electron chi connectivity index (χ4n) is 3.52. The monoisotopic (exact) mass is 148 g/mol. The second kappa shape index (κ2) is 1.91. The lowest BCUT2D eigenvalue weighted by atomic mass is 9.72. The zero-order valence-electron chi connectivity index (χ0n) is 7.05. The molecule has 11 heavy (non-hydrogen) atoms. The van der Waals surface area contributed by atoms with Gasteiger partial charge in [-0.1, -0.05) is 18.6 Å². The number of allylic oxidation sites excluding steroid dienone is 2. The van der Waals surface area contributed by atoms with Crippen LogP contribution in [-0.2, 0) is 0 Å². The zero-order valence-corrected chi connectivity index (χ0v) is 7.05. The minimum absolute atomic E-state index is 0.854. The van der Waals surface area contributed by atoms with Crippen LogP contribution in [-0.4, -0.2) is 0 Å². The van der Waals surface area contributed by atoms with E-state index in [0.29, 0.717) is 0 Å². The van der Waals surface area contributed by atoms with Crippen molar-refractivity contribution in [3.63, 3.8) is 0 Å². The molecule has 2 saturated carbocycles. The Labute approximate surface area is 68.7 Å². The summed E-state index contributed by atoms with van der Waals surface area (Å²) in [5, 5.41) is 0. The van der Waals surface area contributed by atoms with E-state index in [1.54, 1.807) is 12.8 Å². The molecule has 0 aromatic carbocycles. The van der Waals surface area contributed by atoms with E-state index in [4.69, 9.17) is 0 Å². The van der Waals surface area contributed by atoms with Gasteiger partial charge in [-0.05, 0) is 49.4 Å². The van der Waals surface area contributed by atoms with Gasteiger partial charge in [0.2, 0.25) is 0 Å². The van der Waals surface area contributed by atoms with Crippen molar-refractivity contribution in [1.29, 1.82) is 0 Å². The standard InChI is InChI=1S/C11H16/c1-2-7-11-8-10(11)6-3-5-9(11)4-1/h1-2,9-10H,3-8H2. The molecule has 0 bridgehead atoms. The fraction of sp³-hybridized carbons (Fsp3) is 0.818. The van der Waals surface area contributed by atoms with Gasteiger partial charge in [-0.25, -0.2) is 0 Å². The summed E-state index contributed by atoms with van der Waals surface area (Å²) >= 11 is 0. The number of hydrogen-bond donors (Lipinski definition) is 0. The lowest BCUT2D eigenvalue weighted by molar-refractivity contribution is 0.208. The van der Waals surface area contributed by atoms with Crippen LogP contribution in [0.25, 0.3) is 0 Å². The maximum atomic E-state index is 2.43. The van der Waals surface area contributed by atoms with Crippen LogP contribution in [0.1, 0.15) is 38.5 Å². The van der Waals surface area contributed by atoms with Crippen LogP contribution in [0.4, 0.5) is 0 Å². The largest absolute Gasteiger partial charge is 0.0882 e. The average molecular weight is 148 g/mol. The van der Waals surface area contributed by atoms with Crippen LogP contribution < -0.4 is 0 Å². The van der Waals surface area contributed by atoms with Crippen molar-refractivity contribution < 1.29 is 0 Å². The number of hydrogen-bond acceptors (Lipinski definition) is 0. The Morgan fingerprint density at radius 3 is 2.91 bits per heavy atom. The lowest BCUT2D eigenvalue weighted by Crippen LogP contribution is -2.23.